The zero-order valence-electron chi connectivity index (χ0n) is 6.08. The summed E-state index contributed by atoms with van der Waals surface area (Å²) in [5, 5.41) is 0. The van der Waals surface area contributed by atoms with Gasteiger partial charge in [0.05, 0.1) is 0 Å². The molecule has 0 aromatic heterocycles. The van der Waals surface area contributed by atoms with Crippen LogP contribution in [0.4, 0.5) is 0 Å². The van der Waals surface area contributed by atoms with Crippen LogP contribution >= 0.6 is 15.9 Å². The minimum Gasteiger partial charge on any atom is -0.0884 e. The van der Waals surface area contributed by atoms with Gasteiger partial charge in [-0.25, -0.2) is 0 Å². The first kappa shape index (κ1) is 6.21. The van der Waals surface area contributed by atoms with Crippen molar-refractivity contribution in [3.63, 3.8) is 0 Å². The van der Waals surface area contributed by atoms with E-state index in [9.17, 15) is 0 Å². The van der Waals surface area contributed by atoms with Crippen LogP contribution in [0.1, 0.15) is 33.1 Å². The van der Waals surface area contributed by atoms with Gasteiger partial charge in [0, 0.05) is 4.83 Å². The SMILES string of the molecule is CC1(C2(C)CC2Br)CC1. The maximum absolute atomic E-state index is 3.68. The van der Waals surface area contributed by atoms with E-state index < -0.39 is 0 Å². The minimum atomic E-state index is 0.674. The summed E-state index contributed by atoms with van der Waals surface area (Å²) in [4.78, 5) is 0.831. The molecule has 2 aliphatic carbocycles. The molecule has 0 amide bonds. The number of halogens is 1. The third kappa shape index (κ3) is 0.646. The monoisotopic (exact) mass is 188 g/mol. The molecule has 0 aromatic rings. The van der Waals surface area contributed by atoms with Gasteiger partial charge >= 0.3 is 0 Å². The van der Waals surface area contributed by atoms with Crippen LogP contribution in [0.15, 0.2) is 0 Å². The van der Waals surface area contributed by atoms with Gasteiger partial charge in [-0.1, -0.05) is 29.8 Å². The molecule has 0 radical (unpaired) electrons. The van der Waals surface area contributed by atoms with Gasteiger partial charge in [-0.05, 0) is 30.1 Å². The molecule has 2 fully saturated rings. The molecule has 0 saturated heterocycles. The van der Waals surface area contributed by atoms with E-state index in [0.717, 1.165) is 10.2 Å². The van der Waals surface area contributed by atoms with Gasteiger partial charge in [-0.3, -0.25) is 0 Å². The van der Waals surface area contributed by atoms with E-state index in [1.807, 2.05) is 0 Å². The Labute approximate surface area is 65.1 Å². The average Bonchev–Trinajstić information content (AvgIpc) is 2.57. The number of hydrogen-bond acceptors (Lipinski definition) is 0. The minimum absolute atomic E-state index is 0.674. The quantitative estimate of drug-likeness (QED) is 0.556. The molecule has 9 heavy (non-hydrogen) atoms. The molecule has 0 nitrogen and oxygen atoms in total. The Balaban J connectivity index is 2.14. The molecule has 0 N–H and O–H groups in total. The molecule has 2 atom stereocenters. The Morgan fingerprint density at radius 1 is 1.33 bits per heavy atom. The van der Waals surface area contributed by atoms with Crippen molar-refractivity contribution in [2.24, 2.45) is 10.8 Å². The summed E-state index contributed by atoms with van der Waals surface area (Å²) in [7, 11) is 0. The predicted octanol–water partition coefficient (Wildman–Crippen LogP) is 2.96. The summed E-state index contributed by atoms with van der Waals surface area (Å²) >= 11 is 3.68. The summed E-state index contributed by atoms with van der Waals surface area (Å²) < 4.78 is 0. The molecule has 0 aromatic carbocycles. The van der Waals surface area contributed by atoms with E-state index in [0.29, 0.717) is 5.41 Å². The van der Waals surface area contributed by atoms with Crippen LogP contribution in [0.2, 0.25) is 0 Å². The van der Waals surface area contributed by atoms with E-state index in [-0.39, 0.29) is 0 Å². The summed E-state index contributed by atoms with van der Waals surface area (Å²) in [6.07, 6.45) is 4.33. The van der Waals surface area contributed by atoms with Crippen molar-refractivity contribution in [3.05, 3.63) is 0 Å². The highest BCUT2D eigenvalue weighted by Crippen LogP contribution is 2.71. The lowest BCUT2D eigenvalue weighted by Crippen LogP contribution is -2.11. The number of hydrogen-bond donors (Lipinski definition) is 0. The molecular formula is C8H13Br. The lowest BCUT2D eigenvalue weighted by molar-refractivity contribution is 0.344. The largest absolute Gasteiger partial charge is 0.0884 e. The fourth-order valence-corrected chi connectivity index (χ4v) is 2.92. The molecule has 0 heterocycles. The second-order valence-electron chi connectivity index (χ2n) is 4.15. The second kappa shape index (κ2) is 1.39. The first-order valence-corrected chi connectivity index (χ1v) is 4.64. The average molecular weight is 189 g/mol. The molecular weight excluding hydrogens is 176 g/mol. The fraction of sp³-hybridized carbons (Fsp3) is 1.00. The van der Waals surface area contributed by atoms with Crippen LogP contribution in [0.25, 0.3) is 0 Å². The van der Waals surface area contributed by atoms with E-state index >= 15 is 0 Å². The predicted molar refractivity (Wildman–Crippen MR) is 42.8 cm³/mol. The molecule has 1 heteroatoms. The van der Waals surface area contributed by atoms with E-state index in [1.54, 1.807) is 0 Å². The molecule has 52 valence electrons. The standard InChI is InChI=1S/C8H13Br/c1-7(3-4-7)8(2)5-6(8)9/h6H,3-5H2,1-2H3. The van der Waals surface area contributed by atoms with Crippen LogP contribution in [-0.2, 0) is 0 Å². The van der Waals surface area contributed by atoms with Gasteiger partial charge in [0.2, 0.25) is 0 Å². The van der Waals surface area contributed by atoms with Crippen molar-refractivity contribution in [2.45, 2.75) is 37.9 Å². The van der Waals surface area contributed by atoms with Crippen molar-refractivity contribution < 1.29 is 0 Å². The Morgan fingerprint density at radius 2 is 1.78 bits per heavy atom. The van der Waals surface area contributed by atoms with Gasteiger partial charge < -0.3 is 0 Å². The summed E-state index contributed by atoms with van der Waals surface area (Å²) in [6, 6.07) is 0. The summed E-state index contributed by atoms with van der Waals surface area (Å²) in [6.45, 7) is 4.84. The van der Waals surface area contributed by atoms with Crippen molar-refractivity contribution in [3.8, 4) is 0 Å². The second-order valence-corrected chi connectivity index (χ2v) is 5.26. The van der Waals surface area contributed by atoms with E-state index in [2.05, 4.69) is 29.8 Å². The highest BCUT2D eigenvalue weighted by molar-refractivity contribution is 9.09. The van der Waals surface area contributed by atoms with Gasteiger partial charge in [-0.15, -0.1) is 0 Å². The molecule has 2 rings (SSSR count). The third-order valence-electron chi connectivity index (χ3n) is 3.51. The van der Waals surface area contributed by atoms with Gasteiger partial charge in [0.15, 0.2) is 0 Å². The third-order valence-corrected chi connectivity index (χ3v) is 4.85. The van der Waals surface area contributed by atoms with Crippen molar-refractivity contribution in [2.75, 3.05) is 0 Å². The van der Waals surface area contributed by atoms with Gasteiger partial charge in [0.25, 0.3) is 0 Å². The first-order valence-electron chi connectivity index (χ1n) is 3.73. The molecule has 0 aliphatic heterocycles. The summed E-state index contributed by atoms with van der Waals surface area (Å²) in [5.41, 5.74) is 1.40. The molecule has 2 unspecified atom stereocenters. The lowest BCUT2D eigenvalue weighted by atomic mass is 9.90. The lowest BCUT2D eigenvalue weighted by Gasteiger charge is -2.16. The topological polar surface area (TPSA) is 0 Å². The van der Waals surface area contributed by atoms with Crippen LogP contribution < -0.4 is 0 Å². The summed E-state index contributed by atoms with van der Waals surface area (Å²) in [5.74, 6) is 0. The van der Waals surface area contributed by atoms with Crippen LogP contribution in [-0.4, -0.2) is 4.83 Å². The number of alkyl halides is 1. The highest BCUT2D eigenvalue weighted by atomic mass is 79.9. The normalized spacial score (nSPS) is 53.0. The Morgan fingerprint density at radius 3 is 1.89 bits per heavy atom. The van der Waals surface area contributed by atoms with Crippen molar-refractivity contribution in [1.29, 1.82) is 0 Å². The van der Waals surface area contributed by atoms with Crippen molar-refractivity contribution in [1.82, 2.24) is 0 Å². The Kier molecular flexibility index (Phi) is 0.958. The van der Waals surface area contributed by atoms with Crippen LogP contribution in [0.3, 0.4) is 0 Å². The molecule has 2 saturated carbocycles. The number of rotatable bonds is 1. The first-order chi connectivity index (χ1) is 4.08. The zero-order chi connectivity index (χ0) is 6.70. The van der Waals surface area contributed by atoms with E-state index in [1.165, 1.54) is 19.3 Å². The Bertz CT molecular complexity index is 149. The van der Waals surface area contributed by atoms with E-state index in [4.69, 9.17) is 0 Å². The van der Waals surface area contributed by atoms with Crippen molar-refractivity contribution >= 4 is 15.9 Å². The maximum atomic E-state index is 3.68. The van der Waals surface area contributed by atoms with Crippen LogP contribution in [0, 0.1) is 10.8 Å². The Hall–Kier alpha value is 0.480. The molecule has 2 aliphatic rings. The highest BCUT2D eigenvalue weighted by Gasteiger charge is 2.64. The maximum Gasteiger partial charge on any atom is 0.0211 e. The fourth-order valence-electron chi connectivity index (χ4n) is 1.70. The van der Waals surface area contributed by atoms with Crippen LogP contribution in [0.5, 0.6) is 0 Å². The molecule has 0 spiro atoms. The zero-order valence-corrected chi connectivity index (χ0v) is 7.66. The van der Waals surface area contributed by atoms with Gasteiger partial charge in [-0.2, -0.15) is 0 Å². The molecule has 0 bridgehead atoms. The smallest absolute Gasteiger partial charge is 0.0211 e. The van der Waals surface area contributed by atoms with Gasteiger partial charge in [0.1, 0.15) is 0 Å².